The van der Waals surface area contributed by atoms with Crippen molar-refractivity contribution in [3.05, 3.63) is 215 Å². The molecule has 0 heterocycles. The maximum Gasteiger partial charge on any atom is 0.148 e. The van der Waals surface area contributed by atoms with Crippen LogP contribution < -0.4 is 9.80 Å². The number of nitrogens with zero attached hydrogens (tertiary/aromatic N) is 2. The summed E-state index contributed by atoms with van der Waals surface area (Å²) in [4.78, 5) is 3.54. The van der Waals surface area contributed by atoms with Crippen molar-refractivity contribution < 1.29 is 17.6 Å². The lowest BCUT2D eigenvalue weighted by molar-refractivity contribution is 0.604. The van der Waals surface area contributed by atoms with E-state index in [2.05, 4.69) is 0 Å². The average Bonchev–Trinajstić information content (AvgIpc) is 3.27. The van der Waals surface area contributed by atoms with Crippen molar-refractivity contribution in [3.8, 4) is 22.3 Å². The third-order valence-corrected chi connectivity index (χ3v) is 12.2. The van der Waals surface area contributed by atoms with E-state index in [1.807, 2.05) is 173 Å². The van der Waals surface area contributed by atoms with Crippen molar-refractivity contribution in [1.82, 2.24) is 0 Å². The van der Waals surface area contributed by atoms with Gasteiger partial charge in [-0.25, -0.2) is 17.6 Å². The molecule has 0 spiro atoms. The zero-order valence-electron chi connectivity index (χ0n) is 34.6. The highest BCUT2D eigenvalue weighted by Gasteiger charge is 2.27. The first kappa shape index (κ1) is 38.7. The number of benzene rings is 10. The SMILES string of the molecule is Cc1cccc(C)c1-c1cc(F)c(N(c2ccccc2)c2ccc3ccc4c(N(c5ccccc5)c5cc(F)c(-c6c(C)cccc6C)cc5F)ccc5ccc2c3c54)cc1F. The third kappa shape index (κ3) is 6.33. The van der Waals surface area contributed by atoms with Crippen LogP contribution >= 0.6 is 0 Å². The summed E-state index contributed by atoms with van der Waals surface area (Å²) in [5, 5.41) is 5.29. The molecular weight excluding hydrogens is 777 g/mol. The molecule has 0 radical (unpaired) electrons. The Kier molecular flexibility index (Phi) is 9.52. The molecule has 10 rings (SSSR count). The minimum atomic E-state index is -0.572. The molecule has 302 valence electrons. The molecule has 0 unspecified atom stereocenters. The molecule has 0 aliphatic heterocycles. The van der Waals surface area contributed by atoms with Gasteiger partial charge in [-0.15, -0.1) is 0 Å². The van der Waals surface area contributed by atoms with Gasteiger partial charge in [0.2, 0.25) is 0 Å². The molecule has 0 saturated carbocycles. The number of halogens is 4. The van der Waals surface area contributed by atoms with Gasteiger partial charge in [-0.05, 0) is 131 Å². The third-order valence-electron chi connectivity index (χ3n) is 12.2. The molecule has 0 N–H and O–H groups in total. The van der Waals surface area contributed by atoms with E-state index in [1.54, 1.807) is 9.80 Å². The Morgan fingerprint density at radius 1 is 0.323 bits per heavy atom. The highest BCUT2D eigenvalue weighted by Crippen LogP contribution is 2.49. The molecule has 0 aliphatic carbocycles. The van der Waals surface area contributed by atoms with E-state index < -0.39 is 23.3 Å². The molecule has 6 heteroatoms. The van der Waals surface area contributed by atoms with Crippen molar-refractivity contribution in [2.45, 2.75) is 27.7 Å². The number of hydrogen-bond acceptors (Lipinski definition) is 2. The lowest BCUT2D eigenvalue weighted by Crippen LogP contribution is -2.14. The van der Waals surface area contributed by atoms with Crippen LogP contribution in [0.1, 0.15) is 22.3 Å². The van der Waals surface area contributed by atoms with Crippen LogP contribution in [0.3, 0.4) is 0 Å². The zero-order chi connectivity index (χ0) is 42.8. The van der Waals surface area contributed by atoms with Crippen LogP contribution in [0.5, 0.6) is 0 Å². The number of anilines is 6. The topological polar surface area (TPSA) is 6.48 Å². The monoisotopic (exact) mass is 816 g/mol. The number of hydrogen-bond donors (Lipinski definition) is 0. The molecule has 2 nitrogen and oxygen atoms in total. The summed E-state index contributed by atoms with van der Waals surface area (Å²) in [7, 11) is 0. The Hall–Kier alpha value is -7.44. The lowest BCUT2D eigenvalue weighted by Gasteiger charge is -2.30. The summed E-state index contributed by atoms with van der Waals surface area (Å²) in [5.74, 6) is -2.21. The standard InChI is InChI=1S/C56H40F4N2/c1-33-13-11-14-34(2)53(33)43-29-47(59)51(31-45(43)57)61(39-17-7-5-8-18-39)49-27-23-37-22-26-42-50(28-24-38-21-25-41(49)55(37)56(38)42)62(40-19-9-6-10-20-40)52-32-46(58)44(30-48(52)60)54-35(3)15-12-16-36(54)4/h5-32H,1-4H3. The van der Waals surface area contributed by atoms with Gasteiger partial charge in [0.15, 0.2) is 0 Å². The highest BCUT2D eigenvalue weighted by molar-refractivity contribution is 6.28. The molecule has 10 aromatic carbocycles. The van der Waals surface area contributed by atoms with Gasteiger partial charge >= 0.3 is 0 Å². The average molecular weight is 817 g/mol. The second-order valence-electron chi connectivity index (χ2n) is 16.0. The van der Waals surface area contributed by atoms with E-state index in [0.29, 0.717) is 33.9 Å². The van der Waals surface area contributed by atoms with Crippen LogP contribution in [0.15, 0.2) is 170 Å². The van der Waals surface area contributed by atoms with Gasteiger partial charge in [0.05, 0.1) is 22.7 Å². The summed E-state index contributed by atoms with van der Waals surface area (Å²) < 4.78 is 66.5. The summed E-state index contributed by atoms with van der Waals surface area (Å²) in [6, 6.07) is 51.3. The van der Waals surface area contributed by atoms with E-state index >= 15 is 17.6 Å². The number of para-hydroxylation sites is 2. The van der Waals surface area contributed by atoms with Crippen LogP contribution in [0.25, 0.3) is 54.6 Å². The second-order valence-corrected chi connectivity index (χ2v) is 16.0. The van der Waals surface area contributed by atoms with Crippen molar-refractivity contribution in [2.75, 3.05) is 9.80 Å². The van der Waals surface area contributed by atoms with Gasteiger partial charge in [0, 0.05) is 45.4 Å². The predicted octanol–water partition coefficient (Wildman–Crippen LogP) is 16.6. The van der Waals surface area contributed by atoms with Crippen molar-refractivity contribution in [3.63, 3.8) is 0 Å². The molecule has 0 amide bonds. The quantitative estimate of drug-likeness (QED) is 0.111. The van der Waals surface area contributed by atoms with E-state index in [0.717, 1.165) is 54.6 Å². The van der Waals surface area contributed by atoms with E-state index in [9.17, 15) is 0 Å². The van der Waals surface area contributed by atoms with Crippen LogP contribution in [-0.2, 0) is 0 Å². The fourth-order valence-corrected chi connectivity index (χ4v) is 9.41. The molecule has 0 atom stereocenters. The minimum absolute atomic E-state index is 0.0662. The Morgan fingerprint density at radius 3 is 1.05 bits per heavy atom. The zero-order valence-corrected chi connectivity index (χ0v) is 34.6. The van der Waals surface area contributed by atoms with Gasteiger partial charge in [-0.2, -0.15) is 0 Å². The Labute approximate surface area is 357 Å². The van der Waals surface area contributed by atoms with Crippen LogP contribution in [0.2, 0.25) is 0 Å². The fraction of sp³-hybridized carbons (Fsp3) is 0.0714. The Morgan fingerprint density at radius 2 is 0.677 bits per heavy atom. The van der Waals surface area contributed by atoms with Gasteiger partial charge in [0.25, 0.3) is 0 Å². The van der Waals surface area contributed by atoms with Crippen LogP contribution in [0.4, 0.5) is 51.7 Å². The second kappa shape index (κ2) is 15.2. The van der Waals surface area contributed by atoms with Gasteiger partial charge in [-0.3, -0.25) is 0 Å². The first-order chi connectivity index (χ1) is 30.1. The Bertz CT molecular complexity index is 3080. The molecule has 10 aromatic rings. The number of aryl methyl sites for hydroxylation is 4. The normalized spacial score (nSPS) is 11.5. The molecular formula is C56H40F4N2. The predicted molar refractivity (Wildman–Crippen MR) is 249 cm³/mol. The Balaban J connectivity index is 1.19. The highest BCUT2D eigenvalue weighted by atomic mass is 19.1. The fourth-order valence-electron chi connectivity index (χ4n) is 9.41. The van der Waals surface area contributed by atoms with E-state index in [1.165, 1.54) is 24.3 Å². The molecule has 0 saturated heterocycles. The van der Waals surface area contributed by atoms with E-state index in [-0.39, 0.29) is 22.5 Å². The summed E-state index contributed by atoms with van der Waals surface area (Å²) in [6.45, 7) is 7.60. The summed E-state index contributed by atoms with van der Waals surface area (Å²) >= 11 is 0. The van der Waals surface area contributed by atoms with Gasteiger partial charge in [0.1, 0.15) is 23.3 Å². The molecule has 0 aromatic heterocycles. The van der Waals surface area contributed by atoms with Crippen LogP contribution in [-0.4, -0.2) is 0 Å². The maximum absolute atomic E-state index is 16.8. The van der Waals surface area contributed by atoms with Crippen molar-refractivity contribution in [2.24, 2.45) is 0 Å². The molecule has 0 bridgehead atoms. The summed E-state index contributed by atoms with van der Waals surface area (Å²) in [6.07, 6.45) is 0. The first-order valence-corrected chi connectivity index (χ1v) is 20.6. The van der Waals surface area contributed by atoms with Crippen molar-refractivity contribution in [1.29, 1.82) is 0 Å². The number of rotatable bonds is 8. The molecule has 62 heavy (non-hydrogen) atoms. The van der Waals surface area contributed by atoms with Crippen LogP contribution in [0, 0.1) is 51.0 Å². The smallest absolute Gasteiger partial charge is 0.148 e. The van der Waals surface area contributed by atoms with Crippen molar-refractivity contribution >= 4 is 66.4 Å². The minimum Gasteiger partial charge on any atom is -0.307 e. The summed E-state index contributed by atoms with van der Waals surface area (Å²) in [5.41, 5.74) is 7.91. The molecule has 0 aliphatic rings. The van der Waals surface area contributed by atoms with Gasteiger partial charge in [-0.1, -0.05) is 109 Å². The van der Waals surface area contributed by atoms with Gasteiger partial charge < -0.3 is 9.80 Å². The molecule has 0 fully saturated rings. The maximum atomic E-state index is 16.8. The lowest BCUT2D eigenvalue weighted by atomic mass is 9.91. The van der Waals surface area contributed by atoms with E-state index in [4.69, 9.17) is 0 Å². The first-order valence-electron chi connectivity index (χ1n) is 20.6. The largest absolute Gasteiger partial charge is 0.307 e.